The van der Waals surface area contributed by atoms with Gasteiger partial charge in [-0.15, -0.1) is 0 Å². The number of hydrogen-bond donors (Lipinski definition) is 2. The topological polar surface area (TPSA) is 99.2 Å². The fraction of sp³-hybridized carbons (Fsp3) is 0.571. The van der Waals surface area contributed by atoms with Gasteiger partial charge in [0.15, 0.2) is 0 Å². The molecule has 0 spiro atoms. The number of benzene rings is 1. The van der Waals surface area contributed by atoms with E-state index >= 15 is 0 Å². The van der Waals surface area contributed by atoms with Crippen molar-refractivity contribution >= 4 is 32.8 Å². The van der Waals surface area contributed by atoms with Crippen molar-refractivity contribution in [2.24, 2.45) is 4.36 Å². The zero-order chi connectivity index (χ0) is 28.6. The van der Waals surface area contributed by atoms with E-state index < -0.39 is 21.8 Å². The number of nitrogens with one attached hydrogen (secondary N) is 2. The number of piperidine rings is 2. The quantitative estimate of drug-likeness (QED) is 0.552. The summed E-state index contributed by atoms with van der Waals surface area (Å²) in [7, 11) is -3.27. The highest BCUT2D eigenvalue weighted by atomic mass is 32.2. The van der Waals surface area contributed by atoms with Crippen molar-refractivity contribution in [2.45, 2.75) is 50.4 Å². The van der Waals surface area contributed by atoms with Gasteiger partial charge in [-0.2, -0.15) is 17.5 Å². The third kappa shape index (κ3) is 6.17. The third-order valence-electron chi connectivity index (χ3n) is 8.68. The molecule has 0 bridgehead atoms. The van der Waals surface area contributed by atoms with E-state index in [4.69, 9.17) is 4.74 Å². The van der Waals surface area contributed by atoms with Gasteiger partial charge in [0, 0.05) is 42.5 Å². The summed E-state index contributed by atoms with van der Waals surface area (Å²) >= 11 is 0. The van der Waals surface area contributed by atoms with Gasteiger partial charge >= 0.3 is 12.1 Å². The molecule has 4 aliphatic rings. The number of nitrogens with zero attached hydrogens (tertiary/aromatic N) is 4. The lowest BCUT2D eigenvalue weighted by atomic mass is 9.87. The van der Waals surface area contributed by atoms with Crippen LogP contribution in [0.3, 0.4) is 0 Å². The standard InChI is InChI=1S/C28H35F3N6O3S/c29-28(30,31)27(38)35-41(39)15-13-37(14-16-41)24-5-10-33-26-22(24)18-40-25-2-1-20(17-23(25)34-26)19-6-11-36(12-7-19)21-3-8-32-9-4-21/h1-2,5,10,17,19,21,32H,3-4,6-9,11-16,18H2,(H,33,34). The van der Waals surface area contributed by atoms with Gasteiger partial charge in [-0.3, -0.25) is 4.79 Å². The van der Waals surface area contributed by atoms with Crippen molar-refractivity contribution in [2.75, 3.05) is 61.0 Å². The Labute approximate surface area is 238 Å². The van der Waals surface area contributed by atoms with Crippen LogP contribution in [-0.4, -0.2) is 83.0 Å². The average molecular weight is 593 g/mol. The molecule has 1 aromatic carbocycles. The van der Waals surface area contributed by atoms with Crippen LogP contribution in [0.25, 0.3) is 0 Å². The molecule has 6 rings (SSSR count). The molecule has 0 aliphatic carbocycles. The summed E-state index contributed by atoms with van der Waals surface area (Å²) < 4.78 is 60.0. The van der Waals surface area contributed by atoms with E-state index in [0.29, 0.717) is 17.8 Å². The van der Waals surface area contributed by atoms with Crippen molar-refractivity contribution in [1.29, 1.82) is 0 Å². The maximum atomic E-state index is 12.8. The van der Waals surface area contributed by atoms with Crippen molar-refractivity contribution in [1.82, 2.24) is 15.2 Å². The average Bonchev–Trinajstić information content (AvgIpc) is 3.16. The van der Waals surface area contributed by atoms with Crippen molar-refractivity contribution < 1.29 is 26.9 Å². The molecule has 222 valence electrons. The number of carbonyl (C=O) groups excluding carboxylic acids is 1. The molecule has 4 aliphatic heterocycles. The molecule has 41 heavy (non-hydrogen) atoms. The molecule has 0 unspecified atom stereocenters. The monoisotopic (exact) mass is 592 g/mol. The zero-order valence-corrected chi connectivity index (χ0v) is 23.6. The van der Waals surface area contributed by atoms with Gasteiger partial charge in [0.2, 0.25) is 0 Å². The Balaban J connectivity index is 1.14. The predicted molar refractivity (Wildman–Crippen MR) is 151 cm³/mol. The second kappa shape index (κ2) is 11.4. The number of anilines is 3. The number of rotatable bonds is 3. The molecule has 9 nitrogen and oxygen atoms in total. The molecule has 5 heterocycles. The van der Waals surface area contributed by atoms with E-state index in [0.717, 1.165) is 61.7 Å². The first-order chi connectivity index (χ1) is 19.7. The van der Waals surface area contributed by atoms with Crippen LogP contribution in [0.5, 0.6) is 5.75 Å². The molecule has 0 atom stereocenters. The molecule has 1 aromatic heterocycles. The maximum absolute atomic E-state index is 12.8. The van der Waals surface area contributed by atoms with Gasteiger partial charge in [-0.05, 0) is 81.5 Å². The minimum atomic E-state index is -5.12. The summed E-state index contributed by atoms with van der Waals surface area (Å²) in [5.41, 5.74) is 3.77. The summed E-state index contributed by atoms with van der Waals surface area (Å²) in [5.74, 6) is -0.658. The SMILES string of the molecule is O=C(N=S1(=O)CCN(c2ccnc3c2COc2ccc(C4CCN(C5CCNCC5)CC4)cc2N3)CC1)C(F)(F)F. The lowest BCUT2D eigenvalue weighted by Gasteiger charge is -2.39. The van der Waals surface area contributed by atoms with Crippen LogP contribution < -0.4 is 20.3 Å². The van der Waals surface area contributed by atoms with Crippen molar-refractivity contribution in [3.8, 4) is 5.75 Å². The van der Waals surface area contributed by atoms with Crippen LogP contribution in [0.1, 0.15) is 42.7 Å². The minimum absolute atomic E-state index is 0.125. The van der Waals surface area contributed by atoms with Crippen molar-refractivity contribution in [3.63, 3.8) is 0 Å². The first kappa shape index (κ1) is 28.2. The largest absolute Gasteiger partial charge is 0.487 e. The molecular weight excluding hydrogens is 557 g/mol. The summed E-state index contributed by atoms with van der Waals surface area (Å²) in [6.45, 7) is 5.11. The smallest absolute Gasteiger partial charge is 0.474 e. The van der Waals surface area contributed by atoms with Crippen LogP contribution in [0.4, 0.5) is 30.4 Å². The number of likely N-dealkylation sites (tertiary alicyclic amines) is 1. The van der Waals surface area contributed by atoms with Gasteiger partial charge in [0.25, 0.3) is 0 Å². The highest BCUT2D eigenvalue weighted by Gasteiger charge is 2.40. The van der Waals surface area contributed by atoms with E-state index in [1.165, 1.54) is 18.4 Å². The number of fused-ring (bicyclic) bond motifs is 2. The van der Waals surface area contributed by atoms with E-state index in [1.807, 2.05) is 17.0 Å². The lowest BCUT2D eigenvalue weighted by molar-refractivity contribution is -0.169. The Morgan fingerprint density at radius 1 is 1.05 bits per heavy atom. The second-order valence-electron chi connectivity index (χ2n) is 11.2. The summed E-state index contributed by atoms with van der Waals surface area (Å²) in [6.07, 6.45) is 1.26. The van der Waals surface area contributed by atoms with E-state index in [1.54, 1.807) is 6.20 Å². The highest BCUT2D eigenvalue weighted by Crippen LogP contribution is 2.40. The Kier molecular flexibility index (Phi) is 7.86. The number of carbonyl (C=O) groups is 1. The van der Waals surface area contributed by atoms with Gasteiger partial charge in [0.05, 0.1) is 21.0 Å². The van der Waals surface area contributed by atoms with Gasteiger partial charge < -0.3 is 25.2 Å². The van der Waals surface area contributed by atoms with E-state index in [9.17, 15) is 22.2 Å². The van der Waals surface area contributed by atoms with Crippen LogP contribution in [-0.2, 0) is 21.1 Å². The molecule has 2 aromatic rings. The van der Waals surface area contributed by atoms with Crippen molar-refractivity contribution in [3.05, 3.63) is 41.6 Å². The van der Waals surface area contributed by atoms with E-state index in [2.05, 4.69) is 37.0 Å². The number of aromatic nitrogens is 1. The normalized spacial score (nSPS) is 22.1. The summed E-state index contributed by atoms with van der Waals surface area (Å²) in [6, 6.07) is 8.85. The number of amides is 1. The van der Waals surface area contributed by atoms with Gasteiger partial charge in [-0.1, -0.05) is 6.07 Å². The van der Waals surface area contributed by atoms with Crippen LogP contribution in [0.15, 0.2) is 34.8 Å². The molecule has 3 fully saturated rings. The van der Waals surface area contributed by atoms with Crippen LogP contribution in [0, 0.1) is 0 Å². The second-order valence-corrected chi connectivity index (χ2v) is 13.7. The molecule has 0 radical (unpaired) electrons. The number of hydrogen-bond acceptors (Lipinski definition) is 8. The highest BCUT2D eigenvalue weighted by molar-refractivity contribution is 7.94. The first-order valence-electron chi connectivity index (χ1n) is 14.2. The Morgan fingerprint density at radius 2 is 1.78 bits per heavy atom. The Morgan fingerprint density at radius 3 is 2.49 bits per heavy atom. The van der Waals surface area contributed by atoms with Gasteiger partial charge in [0.1, 0.15) is 18.2 Å². The van der Waals surface area contributed by atoms with Crippen LogP contribution in [0.2, 0.25) is 0 Å². The predicted octanol–water partition coefficient (Wildman–Crippen LogP) is 4.03. The first-order valence-corrected chi connectivity index (χ1v) is 16.1. The fourth-order valence-electron chi connectivity index (χ4n) is 6.36. The zero-order valence-electron chi connectivity index (χ0n) is 22.8. The molecule has 13 heteroatoms. The molecule has 3 saturated heterocycles. The Hall–Kier alpha value is -2.90. The molecule has 0 saturated carbocycles. The van der Waals surface area contributed by atoms with Gasteiger partial charge in [-0.25, -0.2) is 9.19 Å². The maximum Gasteiger partial charge on any atom is 0.474 e. The molecular formula is C28H35F3N6O3S. The number of pyridine rings is 1. The third-order valence-corrected chi connectivity index (χ3v) is 10.8. The minimum Gasteiger partial charge on any atom is -0.487 e. The summed E-state index contributed by atoms with van der Waals surface area (Å²) in [5, 5.41) is 6.91. The van der Waals surface area contributed by atoms with E-state index in [-0.39, 0.29) is 31.2 Å². The summed E-state index contributed by atoms with van der Waals surface area (Å²) in [4.78, 5) is 20.5. The molecule has 1 amide bonds. The Bertz CT molecular complexity index is 1400. The number of alkyl halides is 3. The lowest BCUT2D eigenvalue weighted by Crippen LogP contribution is -2.46. The fourth-order valence-corrected chi connectivity index (χ4v) is 8.16. The van der Waals surface area contributed by atoms with Crippen LogP contribution >= 0.6 is 0 Å². The number of ether oxygens (including phenoxy) is 1. The number of halogens is 3. The molecule has 2 N–H and O–H groups in total.